The summed E-state index contributed by atoms with van der Waals surface area (Å²) in [4.78, 5) is 15.6. The zero-order chi connectivity index (χ0) is 15.5. The Hall–Kier alpha value is -2.73. The molecule has 6 heteroatoms. The van der Waals surface area contributed by atoms with Crippen molar-refractivity contribution in [2.45, 2.75) is 0 Å². The largest absolute Gasteiger partial charge is 0.472 e. The minimum Gasteiger partial charge on any atom is -0.472 e. The summed E-state index contributed by atoms with van der Waals surface area (Å²) in [6.07, 6.45) is 8.77. The SMILES string of the molecule is c1cc(-c2cnc(N3CCOCC3)nc2-c2ccoc2)ccn1. The summed E-state index contributed by atoms with van der Waals surface area (Å²) < 4.78 is 10.6. The van der Waals surface area contributed by atoms with Gasteiger partial charge in [0.1, 0.15) is 0 Å². The van der Waals surface area contributed by atoms with Crippen LogP contribution in [0.2, 0.25) is 0 Å². The Morgan fingerprint density at radius 3 is 2.57 bits per heavy atom. The fourth-order valence-corrected chi connectivity index (χ4v) is 2.65. The maximum Gasteiger partial charge on any atom is 0.226 e. The van der Waals surface area contributed by atoms with Gasteiger partial charge in [0.05, 0.1) is 31.4 Å². The lowest BCUT2D eigenvalue weighted by molar-refractivity contribution is 0.122. The highest BCUT2D eigenvalue weighted by molar-refractivity contribution is 5.80. The molecule has 0 N–H and O–H groups in total. The van der Waals surface area contributed by atoms with Gasteiger partial charge in [-0.1, -0.05) is 0 Å². The number of ether oxygens (including phenoxy) is 1. The number of morpholine rings is 1. The molecule has 6 nitrogen and oxygen atoms in total. The maximum atomic E-state index is 5.40. The van der Waals surface area contributed by atoms with Crippen LogP contribution < -0.4 is 4.90 Å². The monoisotopic (exact) mass is 308 g/mol. The molecule has 1 saturated heterocycles. The molecule has 116 valence electrons. The van der Waals surface area contributed by atoms with Gasteiger partial charge in [-0.3, -0.25) is 4.98 Å². The van der Waals surface area contributed by atoms with Crippen LogP contribution in [-0.4, -0.2) is 41.3 Å². The second kappa shape index (κ2) is 6.18. The summed E-state index contributed by atoms with van der Waals surface area (Å²) in [5, 5.41) is 0. The Balaban J connectivity index is 1.80. The van der Waals surface area contributed by atoms with Crippen LogP contribution in [0.1, 0.15) is 0 Å². The Morgan fingerprint density at radius 1 is 1.00 bits per heavy atom. The number of aromatic nitrogens is 3. The number of hydrogen-bond acceptors (Lipinski definition) is 6. The predicted octanol–water partition coefficient (Wildman–Crippen LogP) is 2.64. The Labute approximate surface area is 133 Å². The third kappa shape index (κ3) is 2.80. The molecule has 1 fully saturated rings. The Kier molecular flexibility index (Phi) is 3.73. The number of nitrogens with zero attached hydrogens (tertiary/aromatic N) is 4. The summed E-state index contributed by atoms with van der Waals surface area (Å²) in [6, 6.07) is 5.82. The second-order valence-corrected chi connectivity index (χ2v) is 5.28. The van der Waals surface area contributed by atoms with E-state index in [9.17, 15) is 0 Å². The van der Waals surface area contributed by atoms with E-state index in [0.717, 1.165) is 41.4 Å². The molecule has 0 amide bonds. The standard InChI is InChI=1S/C17H16N4O2/c1-4-18-5-2-13(1)15-11-19-17(21-6-9-22-10-7-21)20-16(15)14-3-8-23-12-14/h1-5,8,11-12H,6-7,9-10H2. The summed E-state index contributed by atoms with van der Waals surface area (Å²) in [5.74, 6) is 0.724. The summed E-state index contributed by atoms with van der Waals surface area (Å²) in [7, 11) is 0. The molecule has 0 saturated carbocycles. The number of rotatable bonds is 3. The quantitative estimate of drug-likeness (QED) is 0.741. The Bertz CT molecular complexity index is 769. The molecule has 0 radical (unpaired) electrons. The van der Waals surface area contributed by atoms with Crippen LogP contribution >= 0.6 is 0 Å². The van der Waals surface area contributed by atoms with Crippen molar-refractivity contribution in [2.75, 3.05) is 31.2 Å². The van der Waals surface area contributed by atoms with Crippen LogP contribution in [0.25, 0.3) is 22.4 Å². The molecule has 0 unspecified atom stereocenters. The lowest BCUT2D eigenvalue weighted by Gasteiger charge is -2.27. The molecule has 0 aliphatic carbocycles. The van der Waals surface area contributed by atoms with E-state index in [0.29, 0.717) is 13.2 Å². The minimum absolute atomic E-state index is 0.705. The van der Waals surface area contributed by atoms with Crippen molar-refractivity contribution in [3.05, 3.63) is 49.3 Å². The van der Waals surface area contributed by atoms with Gasteiger partial charge in [0, 0.05) is 42.8 Å². The fourth-order valence-electron chi connectivity index (χ4n) is 2.65. The normalized spacial score (nSPS) is 14.9. The molecular weight excluding hydrogens is 292 g/mol. The summed E-state index contributed by atoms with van der Waals surface area (Å²) in [5.41, 5.74) is 3.80. The van der Waals surface area contributed by atoms with Crippen LogP contribution in [0.5, 0.6) is 0 Å². The first-order valence-corrected chi connectivity index (χ1v) is 7.54. The van der Waals surface area contributed by atoms with Gasteiger partial charge in [0.2, 0.25) is 5.95 Å². The van der Waals surface area contributed by atoms with E-state index in [1.54, 1.807) is 24.9 Å². The molecule has 0 aromatic carbocycles. The highest BCUT2D eigenvalue weighted by atomic mass is 16.5. The molecule has 4 rings (SSSR count). The first kappa shape index (κ1) is 13.9. The van der Waals surface area contributed by atoms with Gasteiger partial charge in [-0.15, -0.1) is 0 Å². The van der Waals surface area contributed by atoms with E-state index in [1.807, 2.05) is 24.4 Å². The van der Waals surface area contributed by atoms with Gasteiger partial charge < -0.3 is 14.1 Å². The van der Waals surface area contributed by atoms with Crippen LogP contribution in [0.3, 0.4) is 0 Å². The number of furan rings is 1. The molecule has 4 heterocycles. The molecular formula is C17H16N4O2. The number of anilines is 1. The third-order valence-electron chi connectivity index (χ3n) is 3.86. The Morgan fingerprint density at radius 2 is 1.83 bits per heavy atom. The smallest absolute Gasteiger partial charge is 0.226 e. The molecule has 0 atom stereocenters. The highest BCUT2D eigenvalue weighted by Gasteiger charge is 2.18. The van der Waals surface area contributed by atoms with Crippen LogP contribution in [-0.2, 0) is 4.74 Å². The van der Waals surface area contributed by atoms with Gasteiger partial charge in [0.15, 0.2) is 0 Å². The fraction of sp³-hybridized carbons (Fsp3) is 0.235. The maximum absolute atomic E-state index is 5.40. The molecule has 3 aromatic rings. The lowest BCUT2D eigenvalue weighted by atomic mass is 10.0. The predicted molar refractivity (Wildman–Crippen MR) is 86.0 cm³/mol. The van der Waals surface area contributed by atoms with E-state index >= 15 is 0 Å². The third-order valence-corrected chi connectivity index (χ3v) is 3.86. The molecule has 0 spiro atoms. The van der Waals surface area contributed by atoms with Crippen LogP contribution in [0.15, 0.2) is 53.7 Å². The zero-order valence-corrected chi connectivity index (χ0v) is 12.6. The zero-order valence-electron chi connectivity index (χ0n) is 12.6. The molecule has 1 aliphatic rings. The van der Waals surface area contributed by atoms with Crippen molar-refractivity contribution >= 4 is 5.95 Å². The number of pyridine rings is 1. The summed E-state index contributed by atoms with van der Waals surface area (Å²) >= 11 is 0. The van der Waals surface area contributed by atoms with Gasteiger partial charge in [-0.25, -0.2) is 9.97 Å². The van der Waals surface area contributed by atoms with Crippen molar-refractivity contribution < 1.29 is 9.15 Å². The van der Waals surface area contributed by atoms with Crippen LogP contribution in [0.4, 0.5) is 5.95 Å². The first-order valence-electron chi connectivity index (χ1n) is 7.54. The number of hydrogen-bond donors (Lipinski definition) is 0. The van der Waals surface area contributed by atoms with Gasteiger partial charge >= 0.3 is 0 Å². The van der Waals surface area contributed by atoms with Gasteiger partial charge in [-0.05, 0) is 23.8 Å². The topological polar surface area (TPSA) is 64.3 Å². The second-order valence-electron chi connectivity index (χ2n) is 5.28. The molecule has 3 aromatic heterocycles. The van der Waals surface area contributed by atoms with E-state index in [1.165, 1.54) is 0 Å². The van der Waals surface area contributed by atoms with Crippen molar-refractivity contribution in [3.8, 4) is 22.4 Å². The van der Waals surface area contributed by atoms with Crippen molar-refractivity contribution in [1.29, 1.82) is 0 Å². The first-order chi connectivity index (χ1) is 11.4. The molecule has 1 aliphatic heterocycles. The molecule has 0 bridgehead atoms. The average molecular weight is 308 g/mol. The van der Waals surface area contributed by atoms with Crippen molar-refractivity contribution in [3.63, 3.8) is 0 Å². The summed E-state index contributed by atoms with van der Waals surface area (Å²) in [6.45, 7) is 3.02. The molecule has 23 heavy (non-hydrogen) atoms. The van der Waals surface area contributed by atoms with Gasteiger partial charge in [0.25, 0.3) is 0 Å². The van der Waals surface area contributed by atoms with Crippen molar-refractivity contribution in [1.82, 2.24) is 15.0 Å². The highest BCUT2D eigenvalue weighted by Crippen LogP contribution is 2.31. The van der Waals surface area contributed by atoms with E-state index in [-0.39, 0.29) is 0 Å². The van der Waals surface area contributed by atoms with Gasteiger partial charge in [-0.2, -0.15) is 0 Å². The average Bonchev–Trinajstić information content (AvgIpc) is 3.17. The van der Waals surface area contributed by atoms with E-state index in [2.05, 4.69) is 14.9 Å². The van der Waals surface area contributed by atoms with E-state index in [4.69, 9.17) is 14.1 Å². The van der Waals surface area contributed by atoms with E-state index < -0.39 is 0 Å². The minimum atomic E-state index is 0.705. The lowest BCUT2D eigenvalue weighted by Crippen LogP contribution is -2.37. The van der Waals surface area contributed by atoms with Crippen molar-refractivity contribution in [2.24, 2.45) is 0 Å². The van der Waals surface area contributed by atoms with Crippen LogP contribution in [0, 0.1) is 0 Å².